The van der Waals surface area contributed by atoms with Crippen molar-refractivity contribution in [2.24, 2.45) is 5.73 Å². The average molecular weight is 259 g/mol. The highest BCUT2D eigenvalue weighted by molar-refractivity contribution is 5.92. The first-order chi connectivity index (χ1) is 9.10. The molecule has 0 saturated carbocycles. The van der Waals surface area contributed by atoms with E-state index >= 15 is 0 Å². The number of carbonyl (C=O) groups excluding carboxylic acids is 1. The molecule has 0 radical (unpaired) electrons. The summed E-state index contributed by atoms with van der Waals surface area (Å²) in [6, 6.07) is 7.25. The monoisotopic (exact) mass is 259 g/mol. The molecule has 2 aromatic heterocycles. The number of hydrogen-bond donors (Lipinski definition) is 1. The molecule has 2 aromatic rings. The van der Waals surface area contributed by atoms with Crippen molar-refractivity contribution in [3.63, 3.8) is 0 Å². The van der Waals surface area contributed by atoms with Gasteiger partial charge in [-0.3, -0.25) is 9.78 Å². The number of carbonyl (C=O) groups is 1. The molecule has 0 aliphatic rings. The van der Waals surface area contributed by atoms with Crippen molar-refractivity contribution in [2.75, 3.05) is 7.05 Å². The molecule has 2 heterocycles. The Balaban J connectivity index is 2.09. The molecule has 0 aliphatic heterocycles. The first-order valence-electron chi connectivity index (χ1n) is 6.06. The normalized spacial score (nSPS) is 10.5. The number of hydrogen-bond acceptors (Lipinski definition) is 4. The summed E-state index contributed by atoms with van der Waals surface area (Å²) in [5.74, 6) is 1.44. The molecule has 0 saturated heterocycles. The van der Waals surface area contributed by atoms with E-state index in [4.69, 9.17) is 10.2 Å². The first-order valence-corrected chi connectivity index (χ1v) is 6.06. The standard InChI is InChI=1S/C14H17N3O2/c1-10-3-4-12(19-10)9-17(2)14(18)13-7-11(8-15)5-6-16-13/h3-7H,8-9,15H2,1-2H3. The Labute approximate surface area is 112 Å². The van der Waals surface area contributed by atoms with Gasteiger partial charge < -0.3 is 15.1 Å². The molecule has 19 heavy (non-hydrogen) atoms. The quantitative estimate of drug-likeness (QED) is 0.907. The molecule has 5 heteroatoms. The van der Waals surface area contributed by atoms with E-state index in [0.717, 1.165) is 17.1 Å². The number of aryl methyl sites for hydroxylation is 1. The summed E-state index contributed by atoms with van der Waals surface area (Å²) in [5.41, 5.74) is 6.84. The lowest BCUT2D eigenvalue weighted by molar-refractivity contribution is 0.0769. The number of nitrogens with zero attached hydrogens (tertiary/aromatic N) is 2. The minimum absolute atomic E-state index is 0.149. The number of amides is 1. The van der Waals surface area contributed by atoms with Gasteiger partial charge in [0.1, 0.15) is 17.2 Å². The van der Waals surface area contributed by atoms with Crippen molar-refractivity contribution >= 4 is 5.91 Å². The summed E-state index contributed by atoms with van der Waals surface area (Å²) in [7, 11) is 1.72. The Hall–Kier alpha value is -2.14. The van der Waals surface area contributed by atoms with Gasteiger partial charge in [-0.05, 0) is 36.8 Å². The summed E-state index contributed by atoms with van der Waals surface area (Å²) >= 11 is 0. The molecule has 100 valence electrons. The minimum atomic E-state index is -0.149. The molecule has 2 N–H and O–H groups in total. The second kappa shape index (κ2) is 5.67. The lowest BCUT2D eigenvalue weighted by Crippen LogP contribution is -2.27. The number of pyridine rings is 1. The summed E-state index contributed by atoms with van der Waals surface area (Å²) in [5, 5.41) is 0. The SMILES string of the molecule is Cc1ccc(CN(C)C(=O)c2cc(CN)ccn2)o1. The lowest BCUT2D eigenvalue weighted by Gasteiger charge is -2.15. The summed E-state index contributed by atoms with van der Waals surface area (Å²) in [4.78, 5) is 17.9. The maximum Gasteiger partial charge on any atom is 0.272 e. The Morgan fingerprint density at radius 3 is 2.84 bits per heavy atom. The van der Waals surface area contributed by atoms with Crippen molar-refractivity contribution in [1.29, 1.82) is 0 Å². The molecule has 5 nitrogen and oxygen atoms in total. The van der Waals surface area contributed by atoms with E-state index in [-0.39, 0.29) is 5.91 Å². The molecule has 0 spiro atoms. The molecule has 0 aromatic carbocycles. The van der Waals surface area contributed by atoms with Gasteiger partial charge in [0, 0.05) is 19.8 Å². The van der Waals surface area contributed by atoms with E-state index in [1.54, 1.807) is 30.3 Å². The van der Waals surface area contributed by atoms with Crippen molar-refractivity contribution < 1.29 is 9.21 Å². The second-order valence-electron chi connectivity index (χ2n) is 4.43. The fraction of sp³-hybridized carbons (Fsp3) is 0.286. The van der Waals surface area contributed by atoms with E-state index in [1.807, 2.05) is 19.1 Å². The predicted octanol–water partition coefficient (Wildman–Crippen LogP) is 1.71. The van der Waals surface area contributed by atoms with Crippen molar-refractivity contribution in [2.45, 2.75) is 20.0 Å². The smallest absolute Gasteiger partial charge is 0.272 e. The van der Waals surface area contributed by atoms with E-state index in [0.29, 0.717) is 18.8 Å². The molecule has 2 rings (SSSR count). The third-order valence-electron chi connectivity index (χ3n) is 2.81. The lowest BCUT2D eigenvalue weighted by atomic mass is 10.2. The van der Waals surface area contributed by atoms with Crippen LogP contribution in [0.3, 0.4) is 0 Å². The average Bonchev–Trinajstić information content (AvgIpc) is 2.83. The van der Waals surface area contributed by atoms with Gasteiger partial charge in [-0.25, -0.2) is 0 Å². The van der Waals surface area contributed by atoms with E-state index in [1.165, 1.54) is 0 Å². The van der Waals surface area contributed by atoms with Crippen LogP contribution in [-0.2, 0) is 13.1 Å². The molecule has 0 unspecified atom stereocenters. The van der Waals surface area contributed by atoms with Gasteiger partial charge in [0.05, 0.1) is 6.54 Å². The van der Waals surface area contributed by atoms with Crippen LogP contribution in [0.25, 0.3) is 0 Å². The van der Waals surface area contributed by atoms with E-state index in [2.05, 4.69) is 4.98 Å². The molecule has 0 atom stereocenters. The third kappa shape index (κ3) is 3.20. The van der Waals surface area contributed by atoms with Crippen LogP contribution in [0.5, 0.6) is 0 Å². The van der Waals surface area contributed by atoms with E-state index < -0.39 is 0 Å². The minimum Gasteiger partial charge on any atom is -0.464 e. The first kappa shape index (κ1) is 13.3. The van der Waals surface area contributed by atoms with Gasteiger partial charge in [-0.2, -0.15) is 0 Å². The summed E-state index contributed by atoms with van der Waals surface area (Å²) in [6.45, 7) is 2.68. The zero-order valence-electron chi connectivity index (χ0n) is 11.1. The van der Waals surface area contributed by atoms with Crippen LogP contribution in [0.4, 0.5) is 0 Å². The Morgan fingerprint density at radius 1 is 1.42 bits per heavy atom. The highest BCUT2D eigenvalue weighted by Crippen LogP contribution is 2.11. The molecule has 0 bridgehead atoms. The molecular formula is C14H17N3O2. The van der Waals surface area contributed by atoms with Crippen LogP contribution in [0.1, 0.15) is 27.6 Å². The van der Waals surface area contributed by atoms with E-state index in [9.17, 15) is 4.79 Å². The number of furan rings is 1. The molecule has 0 aliphatic carbocycles. The topological polar surface area (TPSA) is 72.4 Å². The van der Waals surface area contributed by atoms with Crippen LogP contribution in [0.15, 0.2) is 34.9 Å². The van der Waals surface area contributed by atoms with Crippen molar-refractivity contribution in [3.05, 3.63) is 53.2 Å². The van der Waals surface area contributed by atoms with Crippen molar-refractivity contribution in [3.8, 4) is 0 Å². The Kier molecular flexibility index (Phi) is 3.97. The zero-order chi connectivity index (χ0) is 13.8. The molecule has 0 fully saturated rings. The van der Waals surface area contributed by atoms with Crippen LogP contribution in [0.2, 0.25) is 0 Å². The highest BCUT2D eigenvalue weighted by atomic mass is 16.3. The molecule has 1 amide bonds. The van der Waals surface area contributed by atoms with Gasteiger partial charge in [0.2, 0.25) is 0 Å². The largest absolute Gasteiger partial charge is 0.464 e. The Morgan fingerprint density at radius 2 is 2.21 bits per heavy atom. The highest BCUT2D eigenvalue weighted by Gasteiger charge is 2.15. The number of nitrogens with two attached hydrogens (primary N) is 1. The Bertz CT molecular complexity index is 578. The zero-order valence-corrected chi connectivity index (χ0v) is 11.1. The fourth-order valence-corrected chi connectivity index (χ4v) is 1.79. The summed E-state index contributed by atoms with van der Waals surface area (Å²) in [6.07, 6.45) is 1.60. The maximum absolute atomic E-state index is 12.2. The third-order valence-corrected chi connectivity index (χ3v) is 2.81. The van der Waals surface area contributed by atoms with Gasteiger partial charge in [0.25, 0.3) is 5.91 Å². The maximum atomic E-state index is 12.2. The van der Waals surface area contributed by atoms with Crippen LogP contribution >= 0.6 is 0 Å². The van der Waals surface area contributed by atoms with Crippen molar-refractivity contribution in [1.82, 2.24) is 9.88 Å². The molecular weight excluding hydrogens is 242 g/mol. The number of aromatic nitrogens is 1. The van der Waals surface area contributed by atoms with Gasteiger partial charge >= 0.3 is 0 Å². The van der Waals surface area contributed by atoms with Gasteiger partial charge in [-0.15, -0.1) is 0 Å². The number of rotatable bonds is 4. The van der Waals surface area contributed by atoms with Crippen LogP contribution in [0, 0.1) is 6.92 Å². The second-order valence-corrected chi connectivity index (χ2v) is 4.43. The summed E-state index contributed by atoms with van der Waals surface area (Å²) < 4.78 is 5.45. The van der Waals surface area contributed by atoms with Gasteiger partial charge in [-0.1, -0.05) is 0 Å². The van der Waals surface area contributed by atoms with Crippen LogP contribution in [-0.4, -0.2) is 22.8 Å². The van der Waals surface area contributed by atoms with Crippen LogP contribution < -0.4 is 5.73 Å². The fourth-order valence-electron chi connectivity index (χ4n) is 1.79. The van der Waals surface area contributed by atoms with Gasteiger partial charge in [0.15, 0.2) is 0 Å². The predicted molar refractivity (Wildman–Crippen MR) is 71.4 cm³/mol.